The second-order valence-corrected chi connectivity index (χ2v) is 6.57. The van der Waals surface area contributed by atoms with Crippen LogP contribution in [0.3, 0.4) is 0 Å². The number of methoxy groups -OCH3 is 1. The van der Waals surface area contributed by atoms with E-state index in [1.807, 2.05) is 17.5 Å². The number of nitrogens with one attached hydrogen (secondary N) is 2. The van der Waals surface area contributed by atoms with Crippen LogP contribution < -0.4 is 15.4 Å². The minimum Gasteiger partial charge on any atom is -0.495 e. The highest BCUT2D eigenvalue weighted by Crippen LogP contribution is 2.28. The predicted molar refractivity (Wildman–Crippen MR) is 105 cm³/mol. The maximum atomic E-state index is 12.4. The summed E-state index contributed by atoms with van der Waals surface area (Å²) < 4.78 is 5.27. The molecule has 8 heteroatoms. The number of hydrogen-bond acceptors (Lipinski definition) is 6. The fourth-order valence-corrected chi connectivity index (χ4v) is 3.27. The molecule has 0 spiro atoms. The van der Waals surface area contributed by atoms with Gasteiger partial charge in [-0.1, -0.05) is 0 Å². The number of benzene rings is 1. The van der Waals surface area contributed by atoms with Crippen LogP contribution in [-0.2, 0) is 16.0 Å². The number of pyridine rings is 1. The summed E-state index contributed by atoms with van der Waals surface area (Å²) in [5, 5.41) is 8.16. The Morgan fingerprint density at radius 1 is 1.22 bits per heavy atom. The number of carbonyl (C=O) groups is 2. The average Bonchev–Trinajstić information content (AvgIpc) is 3.10. The van der Waals surface area contributed by atoms with Crippen molar-refractivity contribution >= 4 is 34.5 Å². The maximum absolute atomic E-state index is 12.4. The molecule has 0 aliphatic heterocycles. The van der Waals surface area contributed by atoms with Gasteiger partial charge < -0.3 is 15.4 Å². The summed E-state index contributed by atoms with van der Waals surface area (Å²) in [4.78, 5) is 32.2. The lowest BCUT2D eigenvalue weighted by atomic mass is 10.2. The Kier molecular flexibility index (Phi) is 5.77. The molecule has 0 unspecified atom stereocenters. The number of thiazole rings is 1. The minimum absolute atomic E-state index is 0.129. The number of hydrogen-bond donors (Lipinski definition) is 2. The van der Waals surface area contributed by atoms with E-state index in [9.17, 15) is 9.59 Å². The number of anilines is 2. The van der Waals surface area contributed by atoms with E-state index in [-0.39, 0.29) is 18.2 Å². The fourth-order valence-electron chi connectivity index (χ4n) is 2.46. The molecule has 0 saturated carbocycles. The molecule has 0 radical (unpaired) electrons. The van der Waals surface area contributed by atoms with Crippen LogP contribution in [0.4, 0.5) is 11.4 Å². The molecule has 3 aromatic rings. The van der Waals surface area contributed by atoms with E-state index in [1.165, 1.54) is 25.4 Å². The van der Waals surface area contributed by atoms with Crippen LogP contribution in [0.5, 0.6) is 5.75 Å². The van der Waals surface area contributed by atoms with Crippen molar-refractivity contribution in [2.45, 2.75) is 13.3 Å². The lowest BCUT2D eigenvalue weighted by molar-refractivity contribution is -0.116. The molecular formula is C19H18N4O3S. The van der Waals surface area contributed by atoms with Crippen LogP contribution in [0, 0.1) is 0 Å². The van der Waals surface area contributed by atoms with Crippen LogP contribution in [0.1, 0.15) is 12.6 Å². The van der Waals surface area contributed by atoms with Crippen LogP contribution >= 0.6 is 11.3 Å². The molecule has 138 valence electrons. The summed E-state index contributed by atoms with van der Waals surface area (Å²) in [5.74, 6) is 0.0888. The molecule has 27 heavy (non-hydrogen) atoms. The van der Waals surface area contributed by atoms with Crippen molar-refractivity contribution in [3.05, 3.63) is 53.8 Å². The summed E-state index contributed by atoms with van der Waals surface area (Å²) in [6.07, 6.45) is 3.57. The Labute approximate surface area is 160 Å². The van der Waals surface area contributed by atoms with Crippen LogP contribution in [-0.4, -0.2) is 28.9 Å². The standard InChI is InChI=1S/C19H18N4O3S/c1-12(24)21-14-5-6-17(26-2)16(8-14)23-18(25)9-15-11-27-19(22-15)13-4-3-7-20-10-13/h3-8,10-11H,9H2,1-2H3,(H,21,24)(H,23,25). The largest absolute Gasteiger partial charge is 0.495 e. The highest BCUT2D eigenvalue weighted by molar-refractivity contribution is 7.13. The first-order valence-electron chi connectivity index (χ1n) is 8.15. The molecule has 0 fully saturated rings. The molecule has 7 nitrogen and oxygen atoms in total. The van der Waals surface area contributed by atoms with Gasteiger partial charge in [0.15, 0.2) is 0 Å². The molecule has 3 rings (SSSR count). The zero-order chi connectivity index (χ0) is 19.2. The lowest BCUT2D eigenvalue weighted by Gasteiger charge is -2.12. The van der Waals surface area contributed by atoms with Gasteiger partial charge >= 0.3 is 0 Å². The highest BCUT2D eigenvalue weighted by Gasteiger charge is 2.12. The Bertz CT molecular complexity index is 957. The Balaban J connectivity index is 1.71. The van der Waals surface area contributed by atoms with Crippen molar-refractivity contribution in [3.8, 4) is 16.3 Å². The summed E-state index contributed by atoms with van der Waals surface area (Å²) in [6, 6.07) is 8.81. The van der Waals surface area contributed by atoms with Crippen molar-refractivity contribution in [2.75, 3.05) is 17.7 Å². The van der Waals surface area contributed by atoms with E-state index in [0.29, 0.717) is 22.8 Å². The van der Waals surface area contributed by atoms with Crippen LogP contribution in [0.25, 0.3) is 10.6 Å². The van der Waals surface area contributed by atoms with Crippen LogP contribution in [0.15, 0.2) is 48.1 Å². The molecule has 2 aromatic heterocycles. The molecule has 2 heterocycles. The number of amides is 2. The van der Waals surface area contributed by atoms with Gasteiger partial charge in [-0.05, 0) is 30.3 Å². The van der Waals surface area contributed by atoms with Crippen molar-refractivity contribution in [1.82, 2.24) is 9.97 Å². The normalized spacial score (nSPS) is 10.3. The molecule has 0 aliphatic rings. The van der Waals surface area contributed by atoms with Crippen molar-refractivity contribution in [2.24, 2.45) is 0 Å². The molecule has 0 bridgehead atoms. The Hall–Kier alpha value is -3.26. The Morgan fingerprint density at radius 2 is 2.07 bits per heavy atom. The second-order valence-electron chi connectivity index (χ2n) is 5.71. The molecule has 0 aliphatic carbocycles. The van der Waals surface area contributed by atoms with E-state index < -0.39 is 0 Å². The first kappa shape index (κ1) is 18.5. The first-order chi connectivity index (χ1) is 13.0. The number of carbonyl (C=O) groups excluding carboxylic acids is 2. The fraction of sp³-hybridized carbons (Fsp3) is 0.158. The molecular weight excluding hydrogens is 364 g/mol. The second kappa shape index (κ2) is 8.41. The third-order valence-electron chi connectivity index (χ3n) is 3.60. The molecule has 2 N–H and O–H groups in total. The van der Waals surface area contributed by atoms with E-state index >= 15 is 0 Å². The minimum atomic E-state index is -0.226. The molecule has 0 atom stereocenters. The van der Waals surface area contributed by atoms with Gasteiger partial charge in [0.05, 0.1) is 24.9 Å². The zero-order valence-electron chi connectivity index (χ0n) is 14.9. The molecule has 1 aromatic carbocycles. The van der Waals surface area contributed by atoms with Crippen molar-refractivity contribution in [1.29, 1.82) is 0 Å². The van der Waals surface area contributed by atoms with Gasteiger partial charge in [0.2, 0.25) is 11.8 Å². The van der Waals surface area contributed by atoms with Gasteiger partial charge in [0, 0.05) is 35.9 Å². The Morgan fingerprint density at radius 3 is 2.78 bits per heavy atom. The molecule has 2 amide bonds. The van der Waals surface area contributed by atoms with Gasteiger partial charge in [-0.3, -0.25) is 14.6 Å². The van der Waals surface area contributed by atoms with E-state index in [2.05, 4.69) is 20.6 Å². The van der Waals surface area contributed by atoms with Crippen LogP contribution in [0.2, 0.25) is 0 Å². The number of nitrogens with zero attached hydrogens (tertiary/aromatic N) is 2. The monoisotopic (exact) mass is 382 g/mol. The third-order valence-corrected chi connectivity index (χ3v) is 4.54. The topological polar surface area (TPSA) is 93.2 Å². The zero-order valence-corrected chi connectivity index (χ0v) is 15.7. The van der Waals surface area contributed by atoms with E-state index in [0.717, 1.165) is 10.6 Å². The van der Waals surface area contributed by atoms with Gasteiger partial charge in [0.25, 0.3) is 0 Å². The van der Waals surface area contributed by atoms with Crippen molar-refractivity contribution < 1.29 is 14.3 Å². The quantitative estimate of drug-likeness (QED) is 0.682. The van der Waals surface area contributed by atoms with E-state index in [1.54, 1.807) is 30.6 Å². The predicted octanol–water partition coefficient (Wildman–Crippen LogP) is 3.35. The molecule has 0 saturated heterocycles. The summed E-state index contributed by atoms with van der Waals surface area (Å²) in [6.45, 7) is 1.42. The summed E-state index contributed by atoms with van der Waals surface area (Å²) in [7, 11) is 1.52. The number of aromatic nitrogens is 2. The van der Waals surface area contributed by atoms with Gasteiger partial charge in [0.1, 0.15) is 10.8 Å². The highest BCUT2D eigenvalue weighted by atomic mass is 32.1. The average molecular weight is 382 g/mol. The van der Waals surface area contributed by atoms with E-state index in [4.69, 9.17) is 4.74 Å². The summed E-state index contributed by atoms with van der Waals surface area (Å²) in [5.41, 5.74) is 2.65. The van der Waals surface area contributed by atoms with Gasteiger partial charge in [-0.15, -0.1) is 11.3 Å². The number of rotatable bonds is 6. The number of ether oxygens (including phenoxy) is 1. The SMILES string of the molecule is COc1ccc(NC(C)=O)cc1NC(=O)Cc1csc(-c2cccnc2)n1. The van der Waals surface area contributed by atoms with Crippen molar-refractivity contribution in [3.63, 3.8) is 0 Å². The third kappa shape index (κ3) is 4.89. The maximum Gasteiger partial charge on any atom is 0.230 e. The smallest absolute Gasteiger partial charge is 0.230 e. The summed E-state index contributed by atoms with van der Waals surface area (Å²) >= 11 is 1.46. The first-order valence-corrected chi connectivity index (χ1v) is 9.03. The van der Waals surface area contributed by atoms with Gasteiger partial charge in [-0.2, -0.15) is 0 Å². The van der Waals surface area contributed by atoms with Gasteiger partial charge in [-0.25, -0.2) is 4.98 Å². The lowest BCUT2D eigenvalue weighted by Crippen LogP contribution is -2.15.